The molecular weight excluding hydrogens is 373 g/mol. The Balaban J connectivity index is 1.91. The molecule has 1 fully saturated rings. The lowest BCUT2D eigenvalue weighted by Crippen LogP contribution is -2.73. The van der Waals surface area contributed by atoms with Gasteiger partial charge in [0.25, 0.3) is 5.91 Å². The minimum Gasteiger partial charge on any atom is -0.365 e. The zero-order chi connectivity index (χ0) is 21.0. The van der Waals surface area contributed by atoms with Crippen LogP contribution in [0.3, 0.4) is 0 Å². The molecule has 0 bridgehead atoms. The van der Waals surface area contributed by atoms with Crippen LogP contribution >= 0.6 is 0 Å². The fourth-order valence-electron chi connectivity index (χ4n) is 3.51. The molecule has 9 N–H and O–H groups in total. The van der Waals surface area contributed by atoms with Crippen LogP contribution in [0.15, 0.2) is 41.8 Å². The summed E-state index contributed by atoms with van der Waals surface area (Å²) in [6, 6.07) is 0.880. The lowest BCUT2D eigenvalue weighted by atomic mass is 9.91. The van der Waals surface area contributed by atoms with Gasteiger partial charge < -0.3 is 27.4 Å². The Morgan fingerprint density at radius 2 is 2.14 bits per heavy atom. The molecule has 2 atom stereocenters. The third kappa shape index (κ3) is 4.69. The summed E-state index contributed by atoms with van der Waals surface area (Å²) in [6.45, 7) is 0. The summed E-state index contributed by atoms with van der Waals surface area (Å²) in [4.78, 5) is 16.1. The van der Waals surface area contributed by atoms with Crippen LogP contribution in [-0.4, -0.2) is 35.7 Å². The van der Waals surface area contributed by atoms with Crippen LogP contribution in [0.4, 0.5) is 16.0 Å². The molecule has 1 aromatic rings. The monoisotopic (exact) mass is 400 g/mol. The van der Waals surface area contributed by atoms with Crippen molar-refractivity contribution in [3.05, 3.63) is 53.1 Å². The van der Waals surface area contributed by atoms with Gasteiger partial charge in [-0.15, -0.1) is 0 Å². The number of halogens is 1. The van der Waals surface area contributed by atoms with Gasteiger partial charge in [0, 0.05) is 12.1 Å². The molecule has 9 heteroatoms. The van der Waals surface area contributed by atoms with E-state index in [4.69, 9.17) is 16.9 Å². The molecule has 0 spiro atoms. The number of primary amides is 1. The summed E-state index contributed by atoms with van der Waals surface area (Å²) in [5.74, 6) is -1.38. The lowest BCUT2D eigenvalue weighted by molar-refractivity contribution is -0.556. The van der Waals surface area contributed by atoms with E-state index in [1.165, 1.54) is 0 Å². The van der Waals surface area contributed by atoms with Gasteiger partial charge in [0.1, 0.15) is 12.0 Å². The van der Waals surface area contributed by atoms with E-state index in [1.54, 1.807) is 24.4 Å². The Kier molecular flexibility index (Phi) is 6.40. The number of nitrogens with zero attached hydrogens (tertiary/aromatic N) is 1. The van der Waals surface area contributed by atoms with Crippen LogP contribution in [-0.2, 0) is 0 Å². The van der Waals surface area contributed by atoms with Gasteiger partial charge in [-0.3, -0.25) is 10.2 Å². The number of nitrogens with one attached hydrogen (secondary N) is 3. The summed E-state index contributed by atoms with van der Waals surface area (Å²) in [5.41, 5.74) is 12.9. The largest absolute Gasteiger partial charge is 0.365 e. The molecule has 29 heavy (non-hydrogen) atoms. The number of pyridine rings is 1. The third-order valence-corrected chi connectivity index (χ3v) is 5.08. The summed E-state index contributed by atoms with van der Waals surface area (Å²) in [5, 5.41) is 16.2. The number of carbonyl (C=O) groups is 1. The van der Waals surface area contributed by atoms with Crippen molar-refractivity contribution in [2.45, 2.75) is 37.8 Å². The molecule has 154 valence electrons. The Morgan fingerprint density at radius 3 is 2.83 bits per heavy atom. The normalized spacial score (nSPS) is 23.1. The highest BCUT2D eigenvalue weighted by Crippen LogP contribution is 2.26. The maximum absolute atomic E-state index is 14.6. The van der Waals surface area contributed by atoms with Gasteiger partial charge in [-0.1, -0.05) is 18.9 Å². The standard InChI is InChI=1S/C20H26FN7O/c1-25-10-11-5-4-8-16(17(11)23)27-19-12(18(24)29)9-13(21)20(28-19)26-15-7-3-2-6-14(15)22/h4-5,8-10,14-15,23,25H,2-3,6-7,22H2,1H3,(H2,24,29)(H2,26,27,28)/p+1. The van der Waals surface area contributed by atoms with Gasteiger partial charge in [-0.25, -0.2) is 9.37 Å². The fourth-order valence-corrected chi connectivity index (χ4v) is 3.51. The molecule has 1 saturated carbocycles. The molecule has 2 aliphatic carbocycles. The van der Waals surface area contributed by atoms with Crippen LogP contribution in [0.5, 0.6) is 0 Å². The molecular formula is C20H27FN7O+. The van der Waals surface area contributed by atoms with Crippen LogP contribution < -0.4 is 27.4 Å². The van der Waals surface area contributed by atoms with E-state index in [1.807, 2.05) is 12.4 Å². The number of hydrogen-bond acceptors (Lipinski definition) is 6. The van der Waals surface area contributed by atoms with Crippen molar-refractivity contribution in [3.63, 3.8) is 0 Å². The summed E-state index contributed by atoms with van der Waals surface area (Å²) in [6.07, 6.45) is 10.8. The average molecular weight is 400 g/mol. The predicted octanol–water partition coefficient (Wildman–Crippen LogP) is 0.964. The van der Waals surface area contributed by atoms with E-state index in [0.29, 0.717) is 11.3 Å². The molecule has 2 aliphatic rings. The van der Waals surface area contributed by atoms with Crippen molar-refractivity contribution in [2.24, 2.45) is 11.5 Å². The fraction of sp³-hybridized carbons (Fsp3) is 0.350. The van der Waals surface area contributed by atoms with Crippen molar-refractivity contribution < 1.29 is 14.5 Å². The van der Waals surface area contributed by atoms with Gasteiger partial charge in [0.05, 0.1) is 29.6 Å². The summed E-state index contributed by atoms with van der Waals surface area (Å²) < 4.78 is 14.6. The minimum atomic E-state index is -0.809. The Morgan fingerprint density at radius 1 is 1.38 bits per heavy atom. The van der Waals surface area contributed by atoms with Crippen LogP contribution in [0, 0.1) is 11.2 Å². The number of anilines is 2. The van der Waals surface area contributed by atoms with E-state index in [9.17, 15) is 9.18 Å². The molecule has 1 aromatic heterocycles. The van der Waals surface area contributed by atoms with Gasteiger partial charge >= 0.3 is 0 Å². The van der Waals surface area contributed by atoms with E-state index < -0.39 is 11.7 Å². The highest BCUT2D eigenvalue weighted by atomic mass is 19.1. The smallest absolute Gasteiger partial charge is 0.252 e. The number of allylic oxidation sites excluding steroid dienone is 4. The Hall–Kier alpha value is -3.04. The number of rotatable bonds is 6. The van der Waals surface area contributed by atoms with Crippen molar-refractivity contribution in [2.75, 3.05) is 17.7 Å². The maximum Gasteiger partial charge on any atom is 0.252 e. The van der Waals surface area contributed by atoms with Crippen molar-refractivity contribution in [3.8, 4) is 0 Å². The molecule has 0 aliphatic heterocycles. The van der Waals surface area contributed by atoms with Gasteiger partial charge in [-0.05, 0) is 31.1 Å². The third-order valence-electron chi connectivity index (χ3n) is 5.08. The second-order valence-corrected chi connectivity index (χ2v) is 7.17. The van der Waals surface area contributed by atoms with E-state index >= 15 is 0 Å². The van der Waals surface area contributed by atoms with Crippen LogP contribution in [0.1, 0.15) is 36.0 Å². The highest BCUT2D eigenvalue weighted by molar-refractivity contribution is 6.15. The lowest BCUT2D eigenvalue weighted by Gasteiger charge is -2.30. The molecule has 1 heterocycles. The topological polar surface area (TPSA) is 147 Å². The molecule has 0 saturated heterocycles. The molecule has 2 unspecified atom stereocenters. The molecule has 0 aromatic carbocycles. The first-order chi connectivity index (χ1) is 13.9. The molecule has 8 nitrogen and oxygen atoms in total. The maximum atomic E-state index is 14.6. The second kappa shape index (κ2) is 8.97. The predicted molar refractivity (Wildman–Crippen MR) is 111 cm³/mol. The SMILES string of the molecule is C[NH2+]C=C1C=CC=C(Nc2nc(NC3CCCCC3N)c(F)cc2C(N)=O)C1=N. The number of hydrogen-bond donors (Lipinski definition) is 6. The number of quaternary nitrogens is 1. The quantitative estimate of drug-likeness (QED) is 0.421. The first kappa shape index (κ1) is 20.7. The number of aromatic nitrogens is 1. The van der Waals surface area contributed by atoms with Gasteiger partial charge in [0.15, 0.2) is 11.6 Å². The van der Waals surface area contributed by atoms with Gasteiger partial charge in [-0.2, -0.15) is 0 Å². The summed E-state index contributed by atoms with van der Waals surface area (Å²) >= 11 is 0. The van der Waals surface area contributed by atoms with E-state index in [2.05, 4.69) is 15.6 Å². The zero-order valence-electron chi connectivity index (χ0n) is 16.3. The van der Waals surface area contributed by atoms with E-state index in [-0.39, 0.29) is 35.0 Å². The van der Waals surface area contributed by atoms with Crippen LogP contribution in [0.2, 0.25) is 0 Å². The summed E-state index contributed by atoms with van der Waals surface area (Å²) in [7, 11) is 1.86. The Bertz CT molecular complexity index is 906. The van der Waals surface area contributed by atoms with E-state index in [0.717, 1.165) is 31.7 Å². The number of amides is 1. The molecule has 3 rings (SSSR count). The first-order valence-corrected chi connectivity index (χ1v) is 9.67. The van der Waals surface area contributed by atoms with Crippen LogP contribution in [0.25, 0.3) is 0 Å². The molecule has 1 amide bonds. The van der Waals surface area contributed by atoms with Crippen molar-refractivity contribution in [1.29, 1.82) is 5.41 Å². The molecule has 0 radical (unpaired) electrons. The van der Waals surface area contributed by atoms with Crippen molar-refractivity contribution in [1.82, 2.24) is 4.98 Å². The number of nitrogens with two attached hydrogens (primary N) is 3. The first-order valence-electron chi connectivity index (χ1n) is 9.67. The zero-order valence-corrected chi connectivity index (χ0v) is 16.3. The average Bonchev–Trinajstić information content (AvgIpc) is 2.69. The van der Waals surface area contributed by atoms with Crippen molar-refractivity contribution >= 4 is 23.3 Å². The number of carbonyl (C=O) groups excluding carboxylic acids is 1. The second-order valence-electron chi connectivity index (χ2n) is 7.17. The minimum absolute atomic E-state index is 0.0102. The highest BCUT2D eigenvalue weighted by Gasteiger charge is 2.25. The van der Waals surface area contributed by atoms with Gasteiger partial charge in [0.2, 0.25) is 0 Å². The Labute approximate surface area is 168 Å².